The maximum Gasteiger partial charge on any atom is 0.160 e. The van der Waals surface area contributed by atoms with Crippen molar-refractivity contribution in [3.8, 4) is 56.2 Å². The van der Waals surface area contributed by atoms with Gasteiger partial charge in [-0.2, -0.15) is 0 Å². The molecule has 2 nitrogen and oxygen atoms in total. The van der Waals surface area contributed by atoms with E-state index in [1.807, 2.05) is 17.4 Å². The van der Waals surface area contributed by atoms with Crippen molar-refractivity contribution in [1.29, 1.82) is 0 Å². The fourth-order valence-electron chi connectivity index (χ4n) is 8.79. The molecule has 254 valence electrons. The molecule has 0 bridgehead atoms. The van der Waals surface area contributed by atoms with E-state index in [0.717, 1.165) is 33.9 Å². The van der Waals surface area contributed by atoms with Gasteiger partial charge in [0.15, 0.2) is 5.82 Å². The highest BCUT2D eigenvalue weighted by molar-refractivity contribution is 7.25. The van der Waals surface area contributed by atoms with Gasteiger partial charge in [0.05, 0.1) is 11.4 Å². The zero-order valence-electron chi connectivity index (χ0n) is 30.0. The molecule has 0 saturated carbocycles. The summed E-state index contributed by atoms with van der Waals surface area (Å²) in [5.74, 6) is 0.721. The van der Waals surface area contributed by atoms with Crippen LogP contribution in [0.3, 0.4) is 0 Å². The molecule has 0 saturated heterocycles. The highest BCUT2D eigenvalue weighted by Crippen LogP contribution is 2.54. The van der Waals surface area contributed by atoms with Gasteiger partial charge in [0.1, 0.15) is 0 Å². The van der Waals surface area contributed by atoms with Crippen molar-refractivity contribution in [2.24, 2.45) is 0 Å². The largest absolute Gasteiger partial charge is 0.228 e. The third-order valence-electron chi connectivity index (χ3n) is 11.5. The average molecular weight is 707 g/mol. The molecule has 1 aliphatic rings. The van der Waals surface area contributed by atoms with Gasteiger partial charge in [-0.3, -0.25) is 0 Å². The van der Waals surface area contributed by atoms with Gasteiger partial charge in [0.25, 0.3) is 0 Å². The molecule has 3 heteroatoms. The predicted octanol–water partition coefficient (Wildman–Crippen LogP) is 14.1. The summed E-state index contributed by atoms with van der Waals surface area (Å²) in [6, 6.07) is 61.7. The molecule has 0 aliphatic heterocycles. The Hall–Kier alpha value is -6.42. The van der Waals surface area contributed by atoms with Crippen LogP contribution in [0.25, 0.3) is 97.9 Å². The molecule has 11 rings (SSSR count). The van der Waals surface area contributed by atoms with Crippen molar-refractivity contribution in [3.05, 3.63) is 181 Å². The Labute approximate surface area is 318 Å². The van der Waals surface area contributed by atoms with Gasteiger partial charge in [0, 0.05) is 42.3 Å². The van der Waals surface area contributed by atoms with E-state index in [1.165, 1.54) is 75.1 Å². The average Bonchev–Trinajstić information content (AvgIpc) is 3.71. The second-order valence-corrected chi connectivity index (χ2v) is 16.0. The lowest BCUT2D eigenvalue weighted by molar-refractivity contribution is 0.661. The third-order valence-corrected chi connectivity index (χ3v) is 12.6. The second-order valence-electron chi connectivity index (χ2n) is 14.9. The zero-order valence-corrected chi connectivity index (χ0v) is 30.8. The SMILES string of the molecule is CC1(C)c2cc3ccccc3cc2-c2c(-c3ccc(-c4cc(-c5ccc6sc7ccccc7c6c5)nc(-c5ccccc5)n4)c4ccccc34)cccc21. The Morgan fingerprint density at radius 2 is 1.07 bits per heavy atom. The van der Waals surface area contributed by atoms with E-state index in [1.54, 1.807) is 0 Å². The normalized spacial score (nSPS) is 13.1. The van der Waals surface area contributed by atoms with E-state index in [9.17, 15) is 0 Å². The molecule has 2 heterocycles. The van der Waals surface area contributed by atoms with Gasteiger partial charge in [-0.25, -0.2) is 9.97 Å². The molecule has 54 heavy (non-hydrogen) atoms. The monoisotopic (exact) mass is 706 g/mol. The molecule has 8 aromatic carbocycles. The van der Waals surface area contributed by atoms with Crippen LogP contribution in [0.1, 0.15) is 25.0 Å². The van der Waals surface area contributed by atoms with Crippen molar-refractivity contribution < 1.29 is 0 Å². The quantitative estimate of drug-likeness (QED) is 0.182. The Morgan fingerprint density at radius 3 is 1.91 bits per heavy atom. The molecule has 0 spiro atoms. The molecular weight excluding hydrogens is 673 g/mol. The van der Waals surface area contributed by atoms with Crippen LogP contribution in [0.4, 0.5) is 0 Å². The molecule has 0 amide bonds. The first-order chi connectivity index (χ1) is 26.5. The molecule has 0 fully saturated rings. The summed E-state index contributed by atoms with van der Waals surface area (Å²) in [6.07, 6.45) is 0. The van der Waals surface area contributed by atoms with Crippen molar-refractivity contribution in [3.63, 3.8) is 0 Å². The number of thiophene rings is 1. The van der Waals surface area contributed by atoms with Gasteiger partial charge in [-0.05, 0) is 91.3 Å². The first-order valence-electron chi connectivity index (χ1n) is 18.6. The van der Waals surface area contributed by atoms with Gasteiger partial charge < -0.3 is 0 Å². The van der Waals surface area contributed by atoms with Gasteiger partial charge in [-0.1, -0.05) is 147 Å². The molecule has 0 atom stereocenters. The van der Waals surface area contributed by atoms with E-state index in [0.29, 0.717) is 0 Å². The fraction of sp³-hybridized carbons (Fsp3) is 0.0588. The van der Waals surface area contributed by atoms with Crippen LogP contribution in [-0.2, 0) is 5.41 Å². The smallest absolute Gasteiger partial charge is 0.160 e. The van der Waals surface area contributed by atoms with Crippen LogP contribution in [0.15, 0.2) is 170 Å². The number of rotatable bonds is 4. The molecular formula is C51H34N2S. The van der Waals surface area contributed by atoms with E-state index in [4.69, 9.17) is 9.97 Å². The van der Waals surface area contributed by atoms with Crippen LogP contribution in [0.5, 0.6) is 0 Å². The highest BCUT2D eigenvalue weighted by atomic mass is 32.1. The van der Waals surface area contributed by atoms with Crippen LogP contribution >= 0.6 is 11.3 Å². The zero-order chi connectivity index (χ0) is 36.0. The Kier molecular flexibility index (Phi) is 6.80. The van der Waals surface area contributed by atoms with Crippen LogP contribution in [0, 0.1) is 0 Å². The summed E-state index contributed by atoms with van der Waals surface area (Å²) >= 11 is 1.84. The van der Waals surface area contributed by atoms with E-state index in [2.05, 4.69) is 178 Å². The Bertz CT molecular complexity index is 3130. The molecule has 0 N–H and O–H groups in total. The van der Waals surface area contributed by atoms with E-state index < -0.39 is 0 Å². The van der Waals surface area contributed by atoms with Crippen LogP contribution in [0.2, 0.25) is 0 Å². The molecule has 10 aromatic rings. The minimum Gasteiger partial charge on any atom is -0.228 e. The molecule has 1 aliphatic carbocycles. The minimum atomic E-state index is -0.107. The lowest BCUT2D eigenvalue weighted by Crippen LogP contribution is -2.14. The van der Waals surface area contributed by atoms with Crippen molar-refractivity contribution in [2.75, 3.05) is 0 Å². The summed E-state index contributed by atoms with van der Waals surface area (Å²) in [5.41, 5.74) is 12.8. The fourth-order valence-corrected chi connectivity index (χ4v) is 9.88. The third kappa shape index (κ3) is 4.72. The van der Waals surface area contributed by atoms with Gasteiger partial charge in [0.2, 0.25) is 0 Å². The molecule has 2 aromatic heterocycles. The van der Waals surface area contributed by atoms with Crippen molar-refractivity contribution in [1.82, 2.24) is 9.97 Å². The second kappa shape index (κ2) is 11.8. The number of hydrogen-bond acceptors (Lipinski definition) is 3. The summed E-state index contributed by atoms with van der Waals surface area (Å²) < 4.78 is 2.58. The van der Waals surface area contributed by atoms with Crippen molar-refractivity contribution >= 4 is 53.1 Å². The van der Waals surface area contributed by atoms with Crippen LogP contribution in [-0.4, -0.2) is 9.97 Å². The number of benzene rings is 8. The number of fused-ring (bicyclic) bond motifs is 8. The molecule has 0 radical (unpaired) electrons. The number of hydrogen-bond donors (Lipinski definition) is 0. The van der Waals surface area contributed by atoms with Crippen LogP contribution < -0.4 is 0 Å². The maximum atomic E-state index is 5.28. The van der Waals surface area contributed by atoms with E-state index in [-0.39, 0.29) is 5.41 Å². The number of nitrogens with zero attached hydrogens (tertiary/aromatic N) is 2. The van der Waals surface area contributed by atoms with Gasteiger partial charge in [-0.15, -0.1) is 11.3 Å². The number of aromatic nitrogens is 2. The molecule has 0 unspecified atom stereocenters. The summed E-state index contributed by atoms with van der Waals surface area (Å²) in [5, 5.41) is 7.49. The lowest BCUT2D eigenvalue weighted by Gasteiger charge is -2.22. The van der Waals surface area contributed by atoms with Gasteiger partial charge >= 0.3 is 0 Å². The highest BCUT2D eigenvalue weighted by Gasteiger charge is 2.37. The standard InChI is InChI=1S/C51H34N2S/c1-51(2)43-21-12-20-40(49(43)42-27-32-15-6-7-16-33(32)29-44(42)51)37-24-25-38(36-18-9-8-17-35(36)37)46-30-45(52-50(53-46)31-13-4-3-5-14-31)34-23-26-48-41(28-34)39-19-10-11-22-47(39)54-48/h3-30H,1-2H3. The lowest BCUT2D eigenvalue weighted by atomic mass is 9.81. The first kappa shape index (κ1) is 31.1. The predicted molar refractivity (Wildman–Crippen MR) is 229 cm³/mol. The van der Waals surface area contributed by atoms with Crippen molar-refractivity contribution in [2.45, 2.75) is 19.3 Å². The summed E-state index contributed by atoms with van der Waals surface area (Å²) in [7, 11) is 0. The maximum absolute atomic E-state index is 5.28. The Balaban J connectivity index is 1.12. The minimum absolute atomic E-state index is 0.107. The topological polar surface area (TPSA) is 25.8 Å². The summed E-state index contributed by atoms with van der Waals surface area (Å²) in [4.78, 5) is 10.5. The van der Waals surface area contributed by atoms with E-state index >= 15 is 0 Å². The summed E-state index contributed by atoms with van der Waals surface area (Å²) in [6.45, 7) is 4.74. The Morgan fingerprint density at radius 1 is 0.407 bits per heavy atom. The first-order valence-corrected chi connectivity index (χ1v) is 19.4.